The average Bonchev–Trinajstić information content (AvgIpc) is 3.60. The van der Waals surface area contributed by atoms with Gasteiger partial charge in [0.1, 0.15) is 32.8 Å². The van der Waals surface area contributed by atoms with Gasteiger partial charge < -0.3 is 20.5 Å². The van der Waals surface area contributed by atoms with Crippen LogP contribution in [0.4, 0.5) is 14.9 Å². The molecule has 1 fully saturated rings. The fourth-order valence-electron chi connectivity index (χ4n) is 4.59. The number of nitrogens with one attached hydrogen (secondary N) is 2. The van der Waals surface area contributed by atoms with Crippen molar-refractivity contribution in [2.24, 2.45) is 0 Å². The highest BCUT2D eigenvalue weighted by Gasteiger charge is 2.47. The maximum Gasteiger partial charge on any atom is 0.408 e. The average molecular weight is 577 g/mol. The van der Waals surface area contributed by atoms with Crippen LogP contribution in [0, 0.1) is 5.82 Å². The van der Waals surface area contributed by atoms with Crippen LogP contribution in [0.5, 0.6) is 0 Å². The van der Waals surface area contributed by atoms with Gasteiger partial charge >= 0.3 is 12.1 Å². The monoisotopic (exact) mass is 576 g/mol. The van der Waals surface area contributed by atoms with E-state index in [1.165, 1.54) is 29.0 Å². The number of aliphatic carboxylic acids is 1. The van der Waals surface area contributed by atoms with E-state index < -0.39 is 41.9 Å². The number of anilines is 1. The summed E-state index contributed by atoms with van der Waals surface area (Å²) >= 11 is 1.29. The number of halogens is 1. The number of thiazole rings is 1. The molecule has 1 aliphatic carbocycles. The molecule has 1 aliphatic rings. The highest BCUT2D eigenvalue weighted by atomic mass is 32.1. The standard InChI is InChI=1S/C30H29FN4O5S/c1-29(2,3)40-28(39)34-22(27(37)38)16-24(36)32-18-9-10-19(20(31)15-18)25-33-21-11-12-23(35-26(21)41-25)30(13-14-30)17-7-5-4-6-8-17/h4-12,15,22H,13-14,16H2,1-3H3,(H,32,36)(H,34,39)(H,37,38)/t22-/m1/s1. The molecule has 1 saturated carbocycles. The summed E-state index contributed by atoms with van der Waals surface area (Å²) in [5.74, 6) is -2.73. The van der Waals surface area contributed by atoms with Crippen molar-refractivity contribution in [1.82, 2.24) is 15.3 Å². The van der Waals surface area contributed by atoms with E-state index in [1.54, 1.807) is 20.8 Å². The van der Waals surface area contributed by atoms with Gasteiger partial charge in [-0.3, -0.25) is 4.79 Å². The zero-order valence-corrected chi connectivity index (χ0v) is 23.5. The molecule has 0 spiro atoms. The molecule has 2 aromatic carbocycles. The highest BCUT2D eigenvalue weighted by molar-refractivity contribution is 7.21. The third-order valence-corrected chi connectivity index (χ3v) is 7.68. The first-order chi connectivity index (χ1) is 19.4. The van der Waals surface area contributed by atoms with Gasteiger partial charge in [-0.2, -0.15) is 0 Å². The molecule has 9 nitrogen and oxygen atoms in total. The van der Waals surface area contributed by atoms with Gasteiger partial charge in [0.25, 0.3) is 0 Å². The molecule has 41 heavy (non-hydrogen) atoms. The first-order valence-corrected chi connectivity index (χ1v) is 13.9. The molecule has 1 atom stereocenters. The van der Waals surface area contributed by atoms with Crippen LogP contribution in [-0.2, 0) is 19.7 Å². The Morgan fingerprint density at radius 2 is 1.80 bits per heavy atom. The minimum Gasteiger partial charge on any atom is -0.480 e. The Labute approximate surface area is 239 Å². The number of aromatic nitrogens is 2. The molecule has 5 rings (SSSR count). The largest absolute Gasteiger partial charge is 0.480 e. The number of carboxylic acids is 1. The maximum absolute atomic E-state index is 15.2. The number of fused-ring (bicyclic) bond motifs is 1. The second-order valence-electron chi connectivity index (χ2n) is 11.0. The minimum absolute atomic E-state index is 0.0905. The van der Waals surface area contributed by atoms with Gasteiger partial charge in [-0.15, -0.1) is 0 Å². The van der Waals surface area contributed by atoms with Crippen molar-refractivity contribution in [2.75, 3.05) is 5.32 Å². The highest BCUT2D eigenvalue weighted by Crippen LogP contribution is 2.53. The number of rotatable bonds is 8. The van der Waals surface area contributed by atoms with E-state index in [2.05, 4.69) is 27.8 Å². The molecule has 0 bridgehead atoms. The van der Waals surface area contributed by atoms with E-state index in [9.17, 15) is 19.5 Å². The Morgan fingerprint density at radius 1 is 1.07 bits per heavy atom. The van der Waals surface area contributed by atoms with Crippen LogP contribution in [0.2, 0.25) is 0 Å². The van der Waals surface area contributed by atoms with Crippen LogP contribution in [-0.4, -0.2) is 44.7 Å². The van der Waals surface area contributed by atoms with Crippen LogP contribution < -0.4 is 10.6 Å². The lowest BCUT2D eigenvalue weighted by molar-refractivity contribution is -0.141. The molecule has 0 saturated heterocycles. The van der Waals surface area contributed by atoms with Crippen molar-refractivity contribution in [1.29, 1.82) is 0 Å². The first-order valence-electron chi connectivity index (χ1n) is 13.1. The summed E-state index contributed by atoms with van der Waals surface area (Å²) in [6.07, 6.45) is 0.507. The Kier molecular flexibility index (Phi) is 7.48. The molecular formula is C30H29FN4O5S. The number of nitrogens with zero attached hydrogens (tertiary/aromatic N) is 2. The summed E-state index contributed by atoms with van der Waals surface area (Å²) in [4.78, 5) is 46.2. The predicted octanol–water partition coefficient (Wildman–Crippen LogP) is 5.88. The second-order valence-corrected chi connectivity index (χ2v) is 11.9. The quantitative estimate of drug-likeness (QED) is 0.239. The molecule has 2 aromatic heterocycles. The number of pyridine rings is 1. The van der Waals surface area contributed by atoms with Gasteiger partial charge in [-0.05, 0) is 69.5 Å². The molecule has 0 unspecified atom stereocenters. The Hall–Kier alpha value is -4.38. The zero-order chi connectivity index (χ0) is 29.4. The van der Waals surface area contributed by atoms with Crippen molar-refractivity contribution in [3.8, 4) is 10.6 Å². The lowest BCUT2D eigenvalue weighted by Gasteiger charge is -2.21. The molecule has 2 heterocycles. The molecule has 0 radical (unpaired) electrons. The predicted molar refractivity (Wildman–Crippen MR) is 153 cm³/mol. The SMILES string of the molecule is CC(C)(C)OC(=O)N[C@H](CC(=O)Nc1ccc(-c2nc3ccc(C4(c5ccccc5)CC4)nc3s2)c(F)c1)C(=O)O. The first kappa shape index (κ1) is 28.2. The van der Waals surface area contributed by atoms with Crippen LogP contribution in [0.1, 0.15) is 51.3 Å². The third-order valence-electron chi connectivity index (χ3n) is 6.68. The van der Waals surface area contributed by atoms with E-state index in [1.807, 2.05) is 30.3 Å². The maximum atomic E-state index is 15.2. The number of carbonyl (C=O) groups is 3. The summed E-state index contributed by atoms with van der Waals surface area (Å²) in [5, 5.41) is 14.5. The molecular weight excluding hydrogens is 547 g/mol. The Morgan fingerprint density at radius 3 is 2.44 bits per heavy atom. The van der Waals surface area contributed by atoms with E-state index in [0.717, 1.165) is 24.6 Å². The fraction of sp³-hybridized carbons (Fsp3) is 0.300. The lowest BCUT2D eigenvalue weighted by atomic mass is 9.92. The summed E-state index contributed by atoms with van der Waals surface area (Å²) in [5.41, 5.74) is 2.35. The number of alkyl carbamates (subject to hydrolysis) is 1. The van der Waals surface area contributed by atoms with Crippen LogP contribution in [0.3, 0.4) is 0 Å². The molecule has 0 aliphatic heterocycles. The van der Waals surface area contributed by atoms with Crippen molar-refractivity contribution < 1.29 is 28.6 Å². The third kappa shape index (κ3) is 6.35. The lowest BCUT2D eigenvalue weighted by Crippen LogP contribution is -2.45. The fourth-order valence-corrected chi connectivity index (χ4v) is 5.55. The number of amides is 2. The van der Waals surface area contributed by atoms with E-state index >= 15 is 4.39 Å². The Balaban J connectivity index is 1.28. The number of carbonyl (C=O) groups excluding carboxylic acids is 2. The topological polar surface area (TPSA) is 131 Å². The number of hydrogen-bond acceptors (Lipinski definition) is 7. The van der Waals surface area contributed by atoms with Gasteiger partial charge in [0.15, 0.2) is 0 Å². The van der Waals surface area contributed by atoms with Crippen molar-refractivity contribution in [3.05, 3.63) is 77.7 Å². The summed E-state index contributed by atoms with van der Waals surface area (Å²) < 4.78 is 20.2. The number of carboxylic acid groups (broad SMARTS) is 1. The summed E-state index contributed by atoms with van der Waals surface area (Å²) in [6, 6.07) is 16.8. The molecule has 212 valence electrons. The second kappa shape index (κ2) is 10.9. The normalized spacial score (nSPS) is 14.7. The molecule has 3 N–H and O–H groups in total. The van der Waals surface area contributed by atoms with Gasteiger partial charge in [0.2, 0.25) is 5.91 Å². The number of benzene rings is 2. The van der Waals surface area contributed by atoms with Gasteiger partial charge in [0, 0.05) is 16.7 Å². The zero-order valence-electron chi connectivity index (χ0n) is 22.7. The minimum atomic E-state index is -1.52. The van der Waals surface area contributed by atoms with Gasteiger partial charge in [-0.25, -0.2) is 23.9 Å². The van der Waals surface area contributed by atoms with Gasteiger partial charge in [-0.1, -0.05) is 41.7 Å². The van der Waals surface area contributed by atoms with Crippen molar-refractivity contribution in [2.45, 2.75) is 57.1 Å². The van der Waals surface area contributed by atoms with Crippen LogP contribution >= 0.6 is 11.3 Å². The smallest absolute Gasteiger partial charge is 0.408 e. The van der Waals surface area contributed by atoms with Crippen LogP contribution in [0.25, 0.3) is 20.9 Å². The van der Waals surface area contributed by atoms with E-state index in [4.69, 9.17) is 9.72 Å². The van der Waals surface area contributed by atoms with Gasteiger partial charge in [0.05, 0.1) is 12.1 Å². The summed E-state index contributed by atoms with van der Waals surface area (Å²) in [7, 11) is 0. The molecule has 4 aromatic rings. The van der Waals surface area contributed by atoms with Crippen molar-refractivity contribution in [3.63, 3.8) is 0 Å². The molecule has 2 amide bonds. The Bertz CT molecular complexity index is 1630. The van der Waals surface area contributed by atoms with Crippen molar-refractivity contribution >= 4 is 45.3 Å². The van der Waals surface area contributed by atoms with E-state index in [0.29, 0.717) is 15.4 Å². The summed E-state index contributed by atoms with van der Waals surface area (Å²) in [6.45, 7) is 4.89. The molecule has 11 heteroatoms. The number of ether oxygens (including phenoxy) is 1. The van der Waals surface area contributed by atoms with Crippen LogP contribution in [0.15, 0.2) is 60.7 Å². The van der Waals surface area contributed by atoms with E-state index in [-0.39, 0.29) is 16.7 Å². The number of hydrogen-bond donors (Lipinski definition) is 3.